The van der Waals surface area contributed by atoms with Crippen molar-refractivity contribution in [1.29, 1.82) is 0 Å². The molecule has 3 rings (SSSR count). The average molecular weight is 338 g/mol. The zero-order valence-electron chi connectivity index (χ0n) is 13.7. The number of likely N-dealkylation sites (tertiary alicyclic amines) is 1. The first-order valence-corrected chi connectivity index (χ1v) is 8.08. The van der Waals surface area contributed by atoms with E-state index in [2.05, 4.69) is 15.2 Å². The Morgan fingerprint density at radius 2 is 2.17 bits per heavy atom. The fraction of sp³-hybridized carbons (Fsp3) is 0.600. The molecule has 0 saturated carbocycles. The largest absolute Gasteiger partial charge is 0.339 e. The number of rotatable bonds is 3. The lowest BCUT2D eigenvalue weighted by Gasteiger charge is -2.16. The van der Waals surface area contributed by atoms with Crippen molar-refractivity contribution < 1.29 is 9.32 Å². The number of nitrogens with zero attached hydrogens (tertiary/aromatic N) is 5. The molecule has 7 nitrogen and oxygen atoms in total. The Labute approximate surface area is 139 Å². The van der Waals surface area contributed by atoms with Gasteiger partial charge in [-0.15, -0.1) is 0 Å². The third-order valence-corrected chi connectivity index (χ3v) is 4.57. The lowest BCUT2D eigenvalue weighted by atomic mass is 10.1. The van der Waals surface area contributed by atoms with E-state index in [1.165, 1.54) is 0 Å². The number of hydrogen-bond acceptors (Lipinski definition) is 5. The van der Waals surface area contributed by atoms with Crippen molar-refractivity contribution in [2.45, 2.75) is 39.0 Å². The van der Waals surface area contributed by atoms with E-state index < -0.39 is 0 Å². The van der Waals surface area contributed by atoms with Crippen molar-refractivity contribution in [1.82, 2.24) is 24.8 Å². The van der Waals surface area contributed by atoms with Gasteiger partial charge in [0.2, 0.25) is 5.89 Å². The van der Waals surface area contributed by atoms with Crippen molar-refractivity contribution in [2.24, 2.45) is 7.05 Å². The van der Waals surface area contributed by atoms with Crippen LogP contribution in [0.2, 0.25) is 5.15 Å². The molecule has 2 aromatic rings. The molecule has 0 spiro atoms. The van der Waals surface area contributed by atoms with Crippen LogP contribution < -0.4 is 0 Å². The van der Waals surface area contributed by atoms with Crippen LogP contribution in [0.3, 0.4) is 0 Å². The molecule has 0 aliphatic carbocycles. The Morgan fingerprint density at radius 3 is 2.78 bits per heavy atom. The number of aromatic nitrogens is 4. The van der Waals surface area contributed by atoms with Crippen LogP contribution >= 0.6 is 11.6 Å². The molecule has 1 amide bonds. The van der Waals surface area contributed by atoms with Crippen molar-refractivity contribution in [2.75, 3.05) is 13.1 Å². The predicted molar refractivity (Wildman–Crippen MR) is 84.6 cm³/mol. The van der Waals surface area contributed by atoms with Gasteiger partial charge in [-0.2, -0.15) is 10.1 Å². The van der Waals surface area contributed by atoms with E-state index in [1.54, 1.807) is 23.6 Å². The quantitative estimate of drug-likeness (QED) is 0.860. The van der Waals surface area contributed by atoms with Gasteiger partial charge in [0.05, 0.1) is 17.2 Å². The minimum atomic E-state index is -0.0782. The molecule has 1 atom stereocenters. The molecule has 1 unspecified atom stereocenters. The minimum absolute atomic E-state index is 0.0782. The second kappa shape index (κ2) is 5.96. The molecule has 8 heteroatoms. The second-order valence-electron chi connectivity index (χ2n) is 6.25. The third kappa shape index (κ3) is 2.85. The van der Waals surface area contributed by atoms with Crippen LogP contribution in [0.1, 0.15) is 59.9 Å². The van der Waals surface area contributed by atoms with Gasteiger partial charge in [-0.25, -0.2) is 0 Å². The summed E-state index contributed by atoms with van der Waals surface area (Å²) >= 11 is 6.30. The van der Waals surface area contributed by atoms with Crippen LogP contribution in [0.25, 0.3) is 0 Å². The molecule has 1 aliphatic heterocycles. The maximum atomic E-state index is 12.9. The van der Waals surface area contributed by atoms with Crippen molar-refractivity contribution >= 4 is 17.5 Å². The van der Waals surface area contributed by atoms with E-state index in [-0.39, 0.29) is 17.7 Å². The zero-order valence-corrected chi connectivity index (χ0v) is 14.5. The van der Waals surface area contributed by atoms with E-state index in [1.807, 2.05) is 13.8 Å². The summed E-state index contributed by atoms with van der Waals surface area (Å²) < 4.78 is 6.78. The second-order valence-corrected chi connectivity index (χ2v) is 6.60. The molecule has 1 aliphatic rings. The molecule has 124 valence electrons. The van der Waals surface area contributed by atoms with E-state index in [0.29, 0.717) is 35.5 Å². The molecule has 0 N–H and O–H groups in total. The van der Waals surface area contributed by atoms with Gasteiger partial charge in [-0.3, -0.25) is 9.48 Å². The van der Waals surface area contributed by atoms with Gasteiger partial charge < -0.3 is 9.42 Å². The summed E-state index contributed by atoms with van der Waals surface area (Å²) in [6, 6.07) is 0. The molecular formula is C15H20ClN5O2. The Hall–Kier alpha value is -1.89. The summed E-state index contributed by atoms with van der Waals surface area (Å²) in [5.74, 6) is 1.34. The highest BCUT2D eigenvalue weighted by molar-refractivity contribution is 6.33. The average Bonchev–Trinajstić information content (AvgIpc) is 3.19. The van der Waals surface area contributed by atoms with Crippen molar-refractivity contribution in [3.63, 3.8) is 0 Å². The van der Waals surface area contributed by atoms with E-state index in [4.69, 9.17) is 16.1 Å². The zero-order chi connectivity index (χ0) is 16.7. The summed E-state index contributed by atoms with van der Waals surface area (Å²) in [5.41, 5.74) is 1.24. The first-order valence-electron chi connectivity index (χ1n) is 7.70. The summed E-state index contributed by atoms with van der Waals surface area (Å²) in [6.45, 7) is 7.00. The highest BCUT2D eigenvalue weighted by atomic mass is 35.5. The highest BCUT2D eigenvalue weighted by Gasteiger charge is 2.34. The van der Waals surface area contributed by atoms with Gasteiger partial charge in [-0.1, -0.05) is 30.6 Å². The first kappa shape index (κ1) is 16.0. The van der Waals surface area contributed by atoms with Crippen molar-refractivity contribution in [3.05, 3.63) is 28.1 Å². The van der Waals surface area contributed by atoms with Gasteiger partial charge in [0, 0.05) is 20.1 Å². The number of amides is 1. The van der Waals surface area contributed by atoms with Gasteiger partial charge in [-0.05, 0) is 19.3 Å². The highest BCUT2D eigenvalue weighted by Crippen LogP contribution is 2.31. The Balaban J connectivity index is 1.82. The van der Waals surface area contributed by atoms with Gasteiger partial charge in [0.15, 0.2) is 5.82 Å². The van der Waals surface area contributed by atoms with Gasteiger partial charge in [0.1, 0.15) is 5.15 Å². The van der Waals surface area contributed by atoms with E-state index in [9.17, 15) is 4.79 Å². The predicted octanol–water partition coefficient (Wildman–Crippen LogP) is 2.52. The number of carbonyl (C=O) groups is 1. The SMILES string of the molecule is Cc1noc(C2CCN(C(=O)c3c(C(C)C)nn(C)c3Cl)C2)n1. The van der Waals surface area contributed by atoms with Crippen LogP contribution in [0.4, 0.5) is 0 Å². The lowest BCUT2D eigenvalue weighted by molar-refractivity contribution is 0.0788. The third-order valence-electron chi connectivity index (χ3n) is 4.13. The summed E-state index contributed by atoms with van der Waals surface area (Å²) in [5, 5.41) is 8.58. The molecule has 2 aromatic heterocycles. The number of aryl methyl sites for hydroxylation is 2. The molecule has 23 heavy (non-hydrogen) atoms. The maximum Gasteiger partial charge on any atom is 0.258 e. The smallest absolute Gasteiger partial charge is 0.258 e. The Kier molecular flexibility index (Phi) is 4.14. The fourth-order valence-corrected chi connectivity index (χ4v) is 3.12. The summed E-state index contributed by atoms with van der Waals surface area (Å²) in [7, 11) is 1.75. The first-order chi connectivity index (χ1) is 10.9. The van der Waals surface area contributed by atoms with Gasteiger partial charge in [0.25, 0.3) is 5.91 Å². The van der Waals surface area contributed by atoms with Crippen LogP contribution in [0, 0.1) is 6.92 Å². The monoisotopic (exact) mass is 337 g/mol. The molecule has 0 radical (unpaired) electrons. The van der Waals surface area contributed by atoms with Crippen LogP contribution in [0.5, 0.6) is 0 Å². The number of halogens is 1. The Morgan fingerprint density at radius 1 is 1.43 bits per heavy atom. The summed E-state index contributed by atoms with van der Waals surface area (Å²) in [4.78, 5) is 19.0. The van der Waals surface area contributed by atoms with Crippen LogP contribution in [-0.2, 0) is 7.05 Å². The van der Waals surface area contributed by atoms with E-state index in [0.717, 1.165) is 12.1 Å². The number of hydrogen-bond donors (Lipinski definition) is 0. The van der Waals surface area contributed by atoms with Crippen LogP contribution in [0.15, 0.2) is 4.52 Å². The maximum absolute atomic E-state index is 12.9. The minimum Gasteiger partial charge on any atom is -0.339 e. The topological polar surface area (TPSA) is 77.0 Å². The normalized spacial score (nSPS) is 18.2. The van der Waals surface area contributed by atoms with E-state index >= 15 is 0 Å². The Bertz CT molecular complexity index is 736. The lowest BCUT2D eigenvalue weighted by Crippen LogP contribution is -2.29. The standard InChI is InChI=1S/C15H20ClN5O2/c1-8(2)12-11(13(16)20(4)18-12)15(22)21-6-5-10(7-21)14-17-9(3)19-23-14/h8,10H,5-7H2,1-4H3. The molecule has 1 saturated heterocycles. The number of carbonyl (C=O) groups excluding carboxylic acids is 1. The molecular weight excluding hydrogens is 318 g/mol. The molecule has 0 aromatic carbocycles. The molecule has 0 bridgehead atoms. The van der Waals surface area contributed by atoms with Crippen LogP contribution in [-0.4, -0.2) is 43.8 Å². The molecule has 1 fully saturated rings. The molecule has 3 heterocycles. The van der Waals surface area contributed by atoms with Crippen molar-refractivity contribution in [3.8, 4) is 0 Å². The fourth-order valence-electron chi connectivity index (χ4n) is 2.91. The van der Waals surface area contributed by atoms with Gasteiger partial charge >= 0.3 is 0 Å². The summed E-state index contributed by atoms with van der Waals surface area (Å²) in [6.07, 6.45) is 0.808.